The first-order chi connectivity index (χ1) is 9.24. The number of anilines is 1. The first-order valence-corrected chi connectivity index (χ1v) is 7.01. The monoisotopic (exact) mass is 335 g/mol. The number of nitrogens with one attached hydrogen (secondary N) is 2. The molecule has 0 aliphatic heterocycles. The predicted molar refractivity (Wildman–Crippen MR) is 82.6 cm³/mol. The van der Waals surface area contributed by atoms with Crippen molar-refractivity contribution >= 4 is 44.1 Å². The van der Waals surface area contributed by atoms with E-state index in [1.54, 1.807) is 6.20 Å². The molecule has 19 heavy (non-hydrogen) atoms. The highest BCUT2D eigenvalue weighted by Gasteiger charge is 2.05. The minimum atomic E-state index is 0.728. The molecular weight excluding hydrogens is 326 g/mol. The Hall–Kier alpha value is -1.52. The summed E-state index contributed by atoms with van der Waals surface area (Å²) < 4.78 is 0.817. The summed E-state index contributed by atoms with van der Waals surface area (Å²) in [4.78, 5) is 7.41. The van der Waals surface area contributed by atoms with E-state index in [-0.39, 0.29) is 0 Å². The van der Waals surface area contributed by atoms with Gasteiger partial charge in [0.05, 0.1) is 5.69 Å². The molecule has 3 aromatic rings. The Labute approximate surface area is 124 Å². The third-order valence-corrected chi connectivity index (χ3v) is 3.82. The molecule has 3 nitrogen and oxygen atoms in total. The highest BCUT2D eigenvalue weighted by molar-refractivity contribution is 9.10. The van der Waals surface area contributed by atoms with E-state index in [1.807, 2.05) is 36.5 Å². The quantitative estimate of drug-likeness (QED) is 0.687. The van der Waals surface area contributed by atoms with Gasteiger partial charge in [-0.2, -0.15) is 0 Å². The standard InChI is InChI=1S/C14H11BrClN3/c15-14-12(2-1-5-17-14)18-7-9-8-19-13-6-10(16)3-4-11(9)13/h1-6,8,18-19H,7H2. The first-order valence-electron chi connectivity index (χ1n) is 5.84. The van der Waals surface area contributed by atoms with Crippen LogP contribution in [0.3, 0.4) is 0 Å². The molecule has 0 amide bonds. The van der Waals surface area contributed by atoms with Crippen molar-refractivity contribution in [1.82, 2.24) is 9.97 Å². The summed E-state index contributed by atoms with van der Waals surface area (Å²) in [6.07, 6.45) is 3.75. The van der Waals surface area contributed by atoms with Gasteiger partial charge in [-0.1, -0.05) is 17.7 Å². The molecule has 0 unspecified atom stereocenters. The third kappa shape index (κ3) is 2.60. The number of aromatic amines is 1. The summed E-state index contributed by atoms with van der Waals surface area (Å²) in [6, 6.07) is 9.76. The second kappa shape index (κ2) is 5.23. The Kier molecular flexibility index (Phi) is 3.44. The molecule has 1 aromatic carbocycles. The number of benzene rings is 1. The molecule has 0 saturated carbocycles. The maximum atomic E-state index is 5.97. The number of hydrogen-bond acceptors (Lipinski definition) is 2. The van der Waals surface area contributed by atoms with Gasteiger partial charge >= 0.3 is 0 Å². The highest BCUT2D eigenvalue weighted by atomic mass is 79.9. The molecule has 0 bridgehead atoms. The van der Waals surface area contributed by atoms with Gasteiger partial charge in [0.2, 0.25) is 0 Å². The van der Waals surface area contributed by atoms with Crippen molar-refractivity contribution in [3.8, 4) is 0 Å². The summed E-state index contributed by atoms with van der Waals surface area (Å²) >= 11 is 9.39. The molecule has 0 aliphatic carbocycles. The van der Waals surface area contributed by atoms with Crippen LogP contribution in [0.5, 0.6) is 0 Å². The highest BCUT2D eigenvalue weighted by Crippen LogP contribution is 2.24. The van der Waals surface area contributed by atoms with Crippen molar-refractivity contribution in [2.75, 3.05) is 5.32 Å². The van der Waals surface area contributed by atoms with E-state index in [0.717, 1.165) is 27.4 Å². The van der Waals surface area contributed by atoms with Crippen molar-refractivity contribution in [2.45, 2.75) is 6.54 Å². The van der Waals surface area contributed by atoms with Gasteiger partial charge in [0.1, 0.15) is 4.60 Å². The fourth-order valence-corrected chi connectivity index (χ4v) is 2.58. The van der Waals surface area contributed by atoms with Gasteiger partial charge in [-0.15, -0.1) is 0 Å². The lowest BCUT2D eigenvalue weighted by molar-refractivity contribution is 1.14. The maximum Gasteiger partial charge on any atom is 0.129 e. The van der Waals surface area contributed by atoms with Crippen molar-refractivity contribution in [3.05, 3.63) is 57.9 Å². The number of nitrogens with zero attached hydrogens (tertiary/aromatic N) is 1. The predicted octanol–water partition coefficient (Wildman–Crippen LogP) is 4.59. The van der Waals surface area contributed by atoms with E-state index >= 15 is 0 Å². The normalized spacial score (nSPS) is 10.8. The maximum absolute atomic E-state index is 5.97. The van der Waals surface area contributed by atoms with Crippen LogP contribution in [0.25, 0.3) is 10.9 Å². The van der Waals surface area contributed by atoms with Crippen molar-refractivity contribution < 1.29 is 0 Å². The van der Waals surface area contributed by atoms with E-state index in [9.17, 15) is 0 Å². The minimum absolute atomic E-state index is 0.728. The number of halogens is 2. The van der Waals surface area contributed by atoms with Crippen LogP contribution < -0.4 is 5.32 Å². The van der Waals surface area contributed by atoms with Gasteiger partial charge in [0, 0.05) is 34.9 Å². The summed E-state index contributed by atoms with van der Waals surface area (Å²) in [5, 5.41) is 5.28. The zero-order valence-electron chi connectivity index (χ0n) is 9.95. The second-order valence-electron chi connectivity index (χ2n) is 4.20. The zero-order chi connectivity index (χ0) is 13.2. The molecule has 0 saturated heterocycles. The Morgan fingerprint density at radius 1 is 1.32 bits per heavy atom. The fraction of sp³-hybridized carbons (Fsp3) is 0.0714. The molecule has 0 aliphatic rings. The third-order valence-electron chi connectivity index (χ3n) is 2.96. The lowest BCUT2D eigenvalue weighted by atomic mass is 10.2. The average molecular weight is 337 g/mol. The Morgan fingerprint density at radius 3 is 3.05 bits per heavy atom. The molecule has 96 valence electrons. The summed E-state index contributed by atoms with van der Waals surface area (Å²) in [5.74, 6) is 0. The van der Waals surface area contributed by atoms with Gasteiger partial charge in [0.15, 0.2) is 0 Å². The van der Waals surface area contributed by atoms with E-state index in [2.05, 4.69) is 31.2 Å². The van der Waals surface area contributed by atoms with Gasteiger partial charge < -0.3 is 10.3 Å². The van der Waals surface area contributed by atoms with Gasteiger partial charge in [-0.05, 0) is 45.8 Å². The van der Waals surface area contributed by atoms with Gasteiger partial charge in [0.25, 0.3) is 0 Å². The number of rotatable bonds is 3. The van der Waals surface area contributed by atoms with Gasteiger partial charge in [-0.25, -0.2) is 4.98 Å². The second-order valence-corrected chi connectivity index (χ2v) is 5.39. The van der Waals surface area contributed by atoms with Crippen molar-refractivity contribution in [1.29, 1.82) is 0 Å². The number of aromatic nitrogens is 2. The van der Waals surface area contributed by atoms with E-state index in [4.69, 9.17) is 11.6 Å². The fourth-order valence-electron chi connectivity index (χ4n) is 2.01. The SMILES string of the molecule is Clc1ccc2c(CNc3cccnc3Br)c[nH]c2c1. The Morgan fingerprint density at radius 2 is 2.21 bits per heavy atom. The molecule has 0 radical (unpaired) electrons. The molecule has 0 fully saturated rings. The average Bonchev–Trinajstić information content (AvgIpc) is 2.80. The van der Waals surface area contributed by atoms with Crippen LogP contribution >= 0.6 is 27.5 Å². The zero-order valence-corrected chi connectivity index (χ0v) is 12.3. The lowest BCUT2D eigenvalue weighted by Gasteiger charge is -2.06. The van der Waals surface area contributed by atoms with Crippen LogP contribution in [0.15, 0.2) is 47.3 Å². The molecule has 2 heterocycles. The van der Waals surface area contributed by atoms with E-state index in [0.29, 0.717) is 0 Å². The molecule has 0 atom stereocenters. The summed E-state index contributed by atoms with van der Waals surface area (Å²) in [7, 11) is 0. The minimum Gasteiger partial charge on any atom is -0.379 e. The van der Waals surface area contributed by atoms with Crippen LogP contribution in [-0.2, 0) is 6.54 Å². The van der Waals surface area contributed by atoms with Crippen LogP contribution in [0.4, 0.5) is 5.69 Å². The van der Waals surface area contributed by atoms with Crippen LogP contribution in [0, 0.1) is 0 Å². The molecule has 0 spiro atoms. The molecule has 2 aromatic heterocycles. The van der Waals surface area contributed by atoms with E-state index in [1.165, 1.54) is 10.9 Å². The molecule has 3 rings (SSSR count). The van der Waals surface area contributed by atoms with Crippen LogP contribution in [0.2, 0.25) is 5.02 Å². The number of H-pyrrole nitrogens is 1. The molecular formula is C14H11BrClN3. The largest absolute Gasteiger partial charge is 0.379 e. The number of hydrogen-bond donors (Lipinski definition) is 2. The summed E-state index contributed by atoms with van der Waals surface area (Å²) in [6.45, 7) is 0.728. The van der Waals surface area contributed by atoms with Crippen molar-refractivity contribution in [3.63, 3.8) is 0 Å². The number of fused-ring (bicyclic) bond motifs is 1. The molecule has 2 N–H and O–H groups in total. The Bertz CT molecular complexity index is 724. The number of pyridine rings is 1. The van der Waals surface area contributed by atoms with E-state index < -0.39 is 0 Å². The first kappa shape index (κ1) is 12.5. The van der Waals surface area contributed by atoms with Gasteiger partial charge in [-0.3, -0.25) is 0 Å². The lowest BCUT2D eigenvalue weighted by Crippen LogP contribution is -1.99. The van der Waals surface area contributed by atoms with Crippen LogP contribution in [0.1, 0.15) is 5.56 Å². The smallest absolute Gasteiger partial charge is 0.129 e. The van der Waals surface area contributed by atoms with Crippen LogP contribution in [-0.4, -0.2) is 9.97 Å². The Balaban J connectivity index is 1.84. The molecule has 5 heteroatoms. The van der Waals surface area contributed by atoms with Crippen molar-refractivity contribution in [2.24, 2.45) is 0 Å². The topological polar surface area (TPSA) is 40.7 Å². The summed E-state index contributed by atoms with van der Waals surface area (Å²) in [5.41, 5.74) is 3.22.